The lowest BCUT2D eigenvalue weighted by atomic mass is 9.89. The van der Waals surface area contributed by atoms with E-state index in [4.69, 9.17) is 14.6 Å². The molecule has 1 unspecified atom stereocenters. The molecule has 118 valence electrons. The highest BCUT2D eigenvalue weighted by Crippen LogP contribution is 2.32. The second kappa shape index (κ2) is 7.11. The van der Waals surface area contributed by atoms with Crippen molar-refractivity contribution in [3.8, 4) is 11.5 Å². The van der Waals surface area contributed by atoms with E-state index >= 15 is 0 Å². The average molecular weight is 295 g/mol. The van der Waals surface area contributed by atoms with Crippen LogP contribution in [0.5, 0.6) is 11.5 Å². The summed E-state index contributed by atoms with van der Waals surface area (Å²) in [6.07, 6.45) is 0.144. The second-order valence-electron chi connectivity index (χ2n) is 6.19. The summed E-state index contributed by atoms with van der Waals surface area (Å²) in [7, 11) is 0. The molecule has 1 atom stereocenters. The van der Waals surface area contributed by atoms with Crippen LogP contribution in [-0.2, 0) is 0 Å². The number of aliphatic hydroxyl groups excluding tert-OH is 2. The Bertz CT molecular complexity index is 462. The molecule has 3 N–H and O–H groups in total. The van der Waals surface area contributed by atoms with Gasteiger partial charge in [0.05, 0.1) is 6.10 Å². The third-order valence-electron chi connectivity index (χ3n) is 3.68. The van der Waals surface area contributed by atoms with Crippen molar-refractivity contribution in [2.45, 2.75) is 26.4 Å². The molecule has 0 radical (unpaired) electrons. The maximum Gasteiger partial charge on any atom is 0.161 e. The predicted molar refractivity (Wildman–Crippen MR) is 80.7 cm³/mol. The molecule has 1 aromatic rings. The molecule has 0 spiro atoms. The smallest absolute Gasteiger partial charge is 0.161 e. The Morgan fingerprint density at radius 1 is 1.24 bits per heavy atom. The number of hydrogen-bond acceptors (Lipinski definition) is 5. The molecule has 0 bridgehead atoms. The zero-order chi connectivity index (χ0) is 15.3. The molecule has 5 heteroatoms. The molecule has 1 aromatic carbocycles. The molecular formula is C16H25NO4. The molecule has 2 rings (SSSR count). The van der Waals surface area contributed by atoms with Crippen LogP contribution in [0.2, 0.25) is 0 Å². The number of rotatable bonds is 7. The first-order valence-corrected chi connectivity index (χ1v) is 7.41. The molecule has 0 fully saturated rings. The first kappa shape index (κ1) is 16.1. The highest BCUT2D eigenvalue weighted by atomic mass is 16.6. The fraction of sp³-hybridized carbons (Fsp3) is 0.625. The van der Waals surface area contributed by atoms with E-state index in [1.165, 1.54) is 0 Å². The number of nitrogens with one attached hydrogen (secondary N) is 1. The number of benzene rings is 1. The van der Waals surface area contributed by atoms with Crippen molar-refractivity contribution in [3.63, 3.8) is 0 Å². The minimum absolute atomic E-state index is 0.0152. The van der Waals surface area contributed by atoms with Gasteiger partial charge in [0.25, 0.3) is 0 Å². The van der Waals surface area contributed by atoms with Crippen LogP contribution in [0, 0.1) is 5.41 Å². The normalized spacial score (nSPS) is 15.8. The molecule has 1 heterocycles. The lowest BCUT2D eigenvalue weighted by molar-refractivity contribution is 0.156. The van der Waals surface area contributed by atoms with Gasteiger partial charge >= 0.3 is 0 Å². The SMILES string of the molecule is CC(C)(CCO)CNCC(O)c1ccc2c(c1)OCCO2. The number of ether oxygens (including phenoxy) is 2. The maximum absolute atomic E-state index is 10.2. The Hall–Kier alpha value is -1.30. The Balaban J connectivity index is 1.87. The molecule has 0 aromatic heterocycles. The largest absolute Gasteiger partial charge is 0.486 e. The average Bonchev–Trinajstić information content (AvgIpc) is 2.46. The van der Waals surface area contributed by atoms with Crippen molar-refractivity contribution < 1.29 is 19.7 Å². The van der Waals surface area contributed by atoms with Crippen LogP contribution in [0.15, 0.2) is 18.2 Å². The lowest BCUT2D eigenvalue weighted by Crippen LogP contribution is -2.33. The number of aliphatic hydroxyl groups is 2. The van der Waals surface area contributed by atoms with E-state index in [2.05, 4.69) is 19.2 Å². The van der Waals surface area contributed by atoms with Crippen LogP contribution >= 0.6 is 0 Å². The zero-order valence-corrected chi connectivity index (χ0v) is 12.8. The third-order valence-corrected chi connectivity index (χ3v) is 3.68. The molecule has 0 saturated carbocycles. The van der Waals surface area contributed by atoms with Crippen molar-refractivity contribution in [1.82, 2.24) is 5.32 Å². The summed E-state index contributed by atoms with van der Waals surface area (Å²) in [6, 6.07) is 5.53. The Labute approximate surface area is 125 Å². The fourth-order valence-corrected chi connectivity index (χ4v) is 2.32. The second-order valence-corrected chi connectivity index (χ2v) is 6.19. The molecule has 0 saturated heterocycles. The van der Waals surface area contributed by atoms with Gasteiger partial charge in [-0.15, -0.1) is 0 Å². The first-order chi connectivity index (χ1) is 10.0. The summed E-state index contributed by atoms with van der Waals surface area (Å²) < 4.78 is 11.0. The minimum Gasteiger partial charge on any atom is -0.486 e. The summed E-state index contributed by atoms with van der Waals surface area (Å²) >= 11 is 0. The van der Waals surface area contributed by atoms with Gasteiger partial charge in [0.1, 0.15) is 13.2 Å². The fourth-order valence-electron chi connectivity index (χ4n) is 2.32. The van der Waals surface area contributed by atoms with Crippen LogP contribution in [0.3, 0.4) is 0 Å². The van der Waals surface area contributed by atoms with Crippen LogP contribution in [0.25, 0.3) is 0 Å². The topological polar surface area (TPSA) is 71.0 Å². The molecule has 21 heavy (non-hydrogen) atoms. The van der Waals surface area contributed by atoms with E-state index in [-0.39, 0.29) is 12.0 Å². The highest BCUT2D eigenvalue weighted by Gasteiger charge is 2.18. The van der Waals surface area contributed by atoms with Crippen LogP contribution in [0.4, 0.5) is 0 Å². The quantitative estimate of drug-likeness (QED) is 0.711. The van der Waals surface area contributed by atoms with Crippen LogP contribution in [0.1, 0.15) is 31.9 Å². The summed E-state index contributed by atoms with van der Waals surface area (Å²) in [6.45, 7) is 6.68. The maximum atomic E-state index is 10.2. The zero-order valence-electron chi connectivity index (χ0n) is 12.8. The predicted octanol–water partition coefficient (Wildman–Crippen LogP) is 1.49. The summed E-state index contributed by atoms with van der Waals surface area (Å²) in [5.41, 5.74) is 0.827. The van der Waals surface area contributed by atoms with E-state index in [0.717, 1.165) is 24.3 Å². The molecule has 1 aliphatic heterocycles. The standard InChI is InChI=1S/C16H25NO4/c1-16(2,5-6-18)11-17-10-13(19)12-3-4-14-15(9-12)21-8-7-20-14/h3-4,9,13,17-19H,5-8,10-11H2,1-2H3. The lowest BCUT2D eigenvalue weighted by Gasteiger charge is -2.25. The van der Waals surface area contributed by atoms with Crippen molar-refractivity contribution >= 4 is 0 Å². The summed E-state index contributed by atoms with van der Waals surface area (Å²) in [5.74, 6) is 1.42. The summed E-state index contributed by atoms with van der Waals surface area (Å²) in [5, 5.41) is 22.5. The summed E-state index contributed by atoms with van der Waals surface area (Å²) in [4.78, 5) is 0. The van der Waals surface area contributed by atoms with E-state index < -0.39 is 6.10 Å². The van der Waals surface area contributed by atoms with E-state index in [0.29, 0.717) is 25.5 Å². The molecule has 0 aliphatic carbocycles. The van der Waals surface area contributed by atoms with Crippen molar-refractivity contribution in [3.05, 3.63) is 23.8 Å². The van der Waals surface area contributed by atoms with Gasteiger partial charge in [0.15, 0.2) is 11.5 Å². The molecule has 1 aliphatic rings. The van der Waals surface area contributed by atoms with E-state index in [1.807, 2.05) is 18.2 Å². The number of fused-ring (bicyclic) bond motifs is 1. The van der Waals surface area contributed by atoms with Gasteiger partial charge in [-0.2, -0.15) is 0 Å². The van der Waals surface area contributed by atoms with Gasteiger partial charge in [0.2, 0.25) is 0 Å². The van der Waals surface area contributed by atoms with Gasteiger partial charge < -0.3 is 25.0 Å². The van der Waals surface area contributed by atoms with Gasteiger partial charge in [-0.25, -0.2) is 0 Å². The van der Waals surface area contributed by atoms with Gasteiger partial charge in [-0.05, 0) is 29.5 Å². The van der Waals surface area contributed by atoms with Gasteiger partial charge in [0, 0.05) is 19.7 Å². The first-order valence-electron chi connectivity index (χ1n) is 7.41. The van der Waals surface area contributed by atoms with Crippen molar-refractivity contribution in [1.29, 1.82) is 0 Å². The monoisotopic (exact) mass is 295 g/mol. The van der Waals surface area contributed by atoms with Crippen LogP contribution < -0.4 is 14.8 Å². The molecular weight excluding hydrogens is 270 g/mol. The van der Waals surface area contributed by atoms with E-state index in [1.54, 1.807) is 0 Å². The van der Waals surface area contributed by atoms with Gasteiger partial charge in [-0.1, -0.05) is 19.9 Å². The Morgan fingerprint density at radius 2 is 1.95 bits per heavy atom. The molecule has 0 amide bonds. The van der Waals surface area contributed by atoms with Crippen molar-refractivity contribution in [2.24, 2.45) is 5.41 Å². The van der Waals surface area contributed by atoms with Crippen LogP contribution in [-0.4, -0.2) is 43.1 Å². The van der Waals surface area contributed by atoms with E-state index in [9.17, 15) is 5.11 Å². The third kappa shape index (κ3) is 4.59. The van der Waals surface area contributed by atoms with Crippen molar-refractivity contribution in [2.75, 3.05) is 32.9 Å². The number of hydrogen-bond donors (Lipinski definition) is 3. The molecule has 5 nitrogen and oxygen atoms in total. The van der Waals surface area contributed by atoms with Gasteiger partial charge in [-0.3, -0.25) is 0 Å². The highest BCUT2D eigenvalue weighted by molar-refractivity contribution is 5.44. The Kier molecular flexibility index (Phi) is 5.45. The Morgan fingerprint density at radius 3 is 2.67 bits per heavy atom. The minimum atomic E-state index is -0.592.